The average molecular weight is 359 g/mol. The van der Waals surface area contributed by atoms with Crippen LogP contribution in [0.25, 0.3) is 0 Å². The molecular weight excluding hydrogens is 336 g/mol. The smallest absolute Gasteiger partial charge is 0.240 e. The first-order valence-electron chi connectivity index (χ1n) is 8.22. The predicted molar refractivity (Wildman–Crippen MR) is 88.2 cm³/mol. The molecular formula is C17H23F2NO3S. The molecule has 0 N–H and O–H groups in total. The number of sulfone groups is 1. The molecule has 1 saturated heterocycles. The van der Waals surface area contributed by atoms with E-state index in [1.165, 1.54) is 19.9 Å². The van der Waals surface area contributed by atoms with Crippen LogP contribution in [-0.2, 0) is 14.6 Å². The number of hydrogen-bond acceptors (Lipinski definition) is 3. The third kappa shape index (κ3) is 3.77. The zero-order chi connectivity index (χ0) is 17.9. The van der Waals surface area contributed by atoms with Crippen LogP contribution in [0.5, 0.6) is 0 Å². The Hall–Kier alpha value is -1.50. The molecule has 7 heteroatoms. The van der Waals surface area contributed by atoms with Gasteiger partial charge >= 0.3 is 0 Å². The molecule has 0 bridgehead atoms. The number of rotatable bonds is 4. The van der Waals surface area contributed by atoms with Crippen molar-refractivity contribution in [1.29, 1.82) is 0 Å². The van der Waals surface area contributed by atoms with E-state index < -0.39 is 43.4 Å². The lowest BCUT2D eigenvalue weighted by molar-refractivity contribution is -0.130. The van der Waals surface area contributed by atoms with E-state index >= 15 is 0 Å². The van der Waals surface area contributed by atoms with Gasteiger partial charge in [-0.15, -0.1) is 0 Å². The second kappa shape index (κ2) is 7.59. The Kier molecular flexibility index (Phi) is 5.96. The number of carbonyl (C=O) groups is 1. The number of benzene rings is 1. The largest absolute Gasteiger partial charge is 0.342 e. The molecule has 134 valence electrons. The molecule has 0 aliphatic carbocycles. The van der Waals surface area contributed by atoms with Crippen LogP contribution < -0.4 is 0 Å². The van der Waals surface area contributed by atoms with E-state index in [0.717, 1.165) is 37.8 Å². The minimum atomic E-state index is -4.07. The first-order chi connectivity index (χ1) is 11.3. The second-order valence-corrected chi connectivity index (χ2v) is 8.84. The van der Waals surface area contributed by atoms with Gasteiger partial charge in [0.05, 0.1) is 5.25 Å². The summed E-state index contributed by atoms with van der Waals surface area (Å²) >= 11 is 0. The van der Waals surface area contributed by atoms with E-state index in [2.05, 4.69) is 0 Å². The van der Waals surface area contributed by atoms with Crippen molar-refractivity contribution in [3.63, 3.8) is 0 Å². The van der Waals surface area contributed by atoms with Gasteiger partial charge in [0, 0.05) is 18.7 Å². The highest BCUT2D eigenvalue weighted by molar-refractivity contribution is 7.93. The Morgan fingerprint density at radius 2 is 1.54 bits per heavy atom. The maximum Gasteiger partial charge on any atom is 0.240 e. The lowest BCUT2D eigenvalue weighted by Crippen LogP contribution is -2.43. The zero-order valence-corrected chi connectivity index (χ0v) is 14.8. The van der Waals surface area contributed by atoms with Crippen molar-refractivity contribution < 1.29 is 22.0 Å². The number of nitrogens with zero attached hydrogens (tertiary/aromatic N) is 1. The zero-order valence-electron chi connectivity index (χ0n) is 14.0. The third-order valence-electron chi connectivity index (χ3n) is 4.66. The van der Waals surface area contributed by atoms with E-state index in [-0.39, 0.29) is 0 Å². The molecule has 1 aliphatic rings. The minimum absolute atomic E-state index is 0.486. The summed E-state index contributed by atoms with van der Waals surface area (Å²) in [5.74, 6) is -2.32. The molecule has 1 aliphatic heterocycles. The van der Waals surface area contributed by atoms with E-state index in [1.54, 1.807) is 4.90 Å². The summed E-state index contributed by atoms with van der Waals surface area (Å²) in [6.45, 7) is 3.59. The molecule has 1 aromatic carbocycles. The number of halogens is 2. The summed E-state index contributed by atoms with van der Waals surface area (Å²) < 4.78 is 53.3. The summed E-state index contributed by atoms with van der Waals surface area (Å²) in [6.07, 6.45) is 3.72. The fraction of sp³-hybridized carbons (Fsp3) is 0.588. The molecule has 0 saturated carbocycles. The lowest BCUT2D eigenvalue weighted by atomic mass is 10.1. The van der Waals surface area contributed by atoms with Gasteiger partial charge in [0.15, 0.2) is 9.84 Å². The second-order valence-electron chi connectivity index (χ2n) is 6.25. The van der Waals surface area contributed by atoms with Gasteiger partial charge in [-0.05, 0) is 38.8 Å². The van der Waals surface area contributed by atoms with Gasteiger partial charge in [-0.2, -0.15) is 0 Å². The number of carbonyl (C=O) groups excluding carboxylic acids is 1. The fourth-order valence-electron chi connectivity index (χ4n) is 3.06. The molecule has 1 heterocycles. The number of amides is 1. The summed E-state index contributed by atoms with van der Waals surface area (Å²) in [7, 11) is -4.07. The van der Waals surface area contributed by atoms with Crippen molar-refractivity contribution in [2.24, 2.45) is 0 Å². The molecule has 24 heavy (non-hydrogen) atoms. The van der Waals surface area contributed by atoms with Crippen molar-refractivity contribution in [2.75, 3.05) is 13.1 Å². The van der Waals surface area contributed by atoms with Crippen molar-refractivity contribution in [3.05, 3.63) is 35.4 Å². The maximum absolute atomic E-state index is 13.9. The highest BCUT2D eigenvalue weighted by Crippen LogP contribution is 2.30. The maximum atomic E-state index is 13.9. The van der Waals surface area contributed by atoms with Gasteiger partial charge in [-0.25, -0.2) is 17.2 Å². The Morgan fingerprint density at radius 1 is 1.04 bits per heavy atom. The average Bonchev–Trinajstić information content (AvgIpc) is 2.82. The number of hydrogen-bond donors (Lipinski definition) is 0. The van der Waals surface area contributed by atoms with E-state index in [4.69, 9.17) is 0 Å². The first-order valence-corrected chi connectivity index (χ1v) is 9.83. The molecule has 2 atom stereocenters. The number of likely N-dealkylation sites (tertiary alicyclic amines) is 1. The van der Waals surface area contributed by atoms with Crippen LogP contribution in [0.4, 0.5) is 8.78 Å². The van der Waals surface area contributed by atoms with Crippen molar-refractivity contribution in [3.8, 4) is 0 Å². The molecule has 4 nitrogen and oxygen atoms in total. The van der Waals surface area contributed by atoms with Crippen LogP contribution in [0, 0.1) is 11.6 Å². The van der Waals surface area contributed by atoms with Crippen molar-refractivity contribution in [2.45, 2.75) is 50.0 Å². The first kappa shape index (κ1) is 18.8. The normalized spacial score (nSPS) is 18.8. The van der Waals surface area contributed by atoms with Gasteiger partial charge in [0.25, 0.3) is 0 Å². The quantitative estimate of drug-likeness (QED) is 0.829. The molecule has 1 fully saturated rings. The topological polar surface area (TPSA) is 54.5 Å². The van der Waals surface area contributed by atoms with Gasteiger partial charge in [-0.1, -0.05) is 18.9 Å². The van der Waals surface area contributed by atoms with Crippen LogP contribution in [-0.4, -0.2) is 37.6 Å². The lowest BCUT2D eigenvalue weighted by Gasteiger charge is -2.26. The Balaban J connectivity index is 2.26. The Morgan fingerprint density at radius 3 is 2.04 bits per heavy atom. The summed E-state index contributed by atoms with van der Waals surface area (Å²) in [5, 5.41) is -2.76. The molecule has 1 amide bonds. The van der Waals surface area contributed by atoms with Gasteiger partial charge in [-0.3, -0.25) is 4.79 Å². The SMILES string of the molecule is C[C@H](C(=O)N1CCCCCC1)S(=O)(=O)[C@H](C)c1c(F)cccc1F. The predicted octanol–water partition coefficient (Wildman–Crippen LogP) is 3.23. The molecule has 0 unspecified atom stereocenters. The molecule has 2 rings (SSSR count). The highest BCUT2D eigenvalue weighted by atomic mass is 32.2. The Bertz CT molecular complexity index is 678. The molecule has 0 aromatic heterocycles. The van der Waals surface area contributed by atoms with Crippen molar-refractivity contribution in [1.82, 2.24) is 4.90 Å². The summed E-state index contributed by atoms with van der Waals surface area (Å²) in [4.78, 5) is 14.1. The van der Waals surface area contributed by atoms with Gasteiger partial charge < -0.3 is 4.90 Å². The molecule has 1 aromatic rings. The van der Waals surface area contributed by atoms with E-state index in [9.17, 15) is 22.0 Å². The fourth-order valence-corrected chi connectivity index (χ4v) is 4.65. The van der Waals surface area contributed by atoms with Gasteiger partial charge in [0.1, 0.15) is 16.9 Å². The van der Waals surface area contributed by atoms with E-state index in [1.807, 2.05) is 0 Å². The van der Waals surface area contributed by atoms with Crippen LogP contribution in [0.2, 0.25) is 0 Å². The van der Waals surface area contributed by atoms with E-state index in [0.29, 0.717) is 13.1 Å². The van der Waals surface area contributed by atoms with Crippen LogP contribution in [0.15, 0.2) is 18.2 Å². The minimum Gasteiger partial charge on any atom is -0.342 e. The van der Waals surface area contributed by atoms with Crippen molar-refractivity contribution >= 4 is 15.7 Å². The summed E-state index contributed by atoms with van der Waals surface area (Å²) in [5.41, 5.74) is -0.506. The molecule has 0 radical (unpaired) electrons. The Labute approximate surface area is 141 Å². The van der Waals surface area contributed by atoms with Crippen LogP contribution >= 0.6 is 0 Å². The van der Waals surface area contributed by atoms with Crippen LogP contribution in [0.3, 0.4) is 0 Å². The summed E-state index contributed by atoms with van der Waals surface area (Å²) in [6, 6.07) is 3.22. The third-order valence-corrected chi connectivity index (χ3v) is 7.07. The monoisotopic (exact) mass is 359 g/mol. The molecule has 0 spiro atoms. The standard InChI is InChI=1S/C17H23F2NO3S/c1-12(16-14(18)8-7-9-15(16)19)24(22,23)13(2)17(21)20-10-5-3-4-6-11-20/h7-9,12-13H,3-6,10-11H2,1-2H3/t12-,13-/m1/s1. The highest BCUT2D eigenvalue weighted by Gasteiger charge is 2.38. The van der Waals surface area contributed by atoms with Gasteiger partial charge in [0.2, 0.25) is 5.91 Å². The van der Waals surface area contributed by atoms with Crippen LogP contribution in [0.1, 0.15) is 50.3 Å².